The van der Waals surface area contributed by atoms with Gasteiger partial charge in [0.1, 0.15) is 11.6 Å². The van der Waals surface area contributed by atoms with E-state index in [2.05, 4.69) is 25.4 Å². The molecular formula is C22H19N5O4. The fourth-order valence-corrected chi connectivity index (χ4v) is 3.18. The second-order valence-corrected chi connectivity index (χ2v) is 6.83. The Bertz CT molecular complexity index is 1370. The summed E-state index contributed by atoms with van der Waals surface area (Å²) in [5, 5.41) is 19.1. The standard InChI is InChI=1S/C22H19N5O4/c1-3-31-17-11-15(14-6-4-5-13(10-14)9-12(2)22(29)30)7-8-16(17)19-23-20-18(21(28)24-19)25-27-26-20/h4-11H,3H2,1-2H3,(H,29,30)(H2,23,24,25,26,27,28)/b12-9-. The number of aliphatic carboxylic acids is 1. The molecule has 2 aromatic heterocycles. The lowest BCUT2D eigenvalue weighted by atomic mass is 10.00. The van der Waals surface area contributed by atoms with Crippen LogP contribution in [-0.4, -0.2) is 43.1 Å². The molecule has 0 saturated heterocycles. The molecule has 0 spiro atoms. The number of fused-ring (bicyclic) bond motifs is 1. The first-order valence-corrected chi connectivity index (χ1v) is 9.56. The van der Waals surface area contributed by atoms with Crippen molar-refractivity contribution in [1.82, 2.24) is 25.4 Å². The molecule has 3 N–H and O–H groups in total. The Balaban J connectivity index is 1.78. The minimum atomic E-state index is -0.959. The van der Waals surface area contributed by atoms with E-state index in [9.17, 15) is 9.59 Å². The second kappa shape index (κ2) is 8.23. The highest BCUT2D eigenvalue weighted by molar-refractivity contribution is 5.91. The van der Waals surface area contributed by atoms with Crippen molar-refractivity contribution in [1.29, 1.82) is 0 Å². The number of aromatic nitrogens is 5. The van der Waals surface area contributed by atoms with Gasteiger partial charge in [0.25, 0.3) is 5.56 Å². The maximum atomic E-state index is 12.3. The van der Waals surface area contributed by atoms with E-state index in [4.69, 9.17) is 9.84 Å². The van der Waals surface area contributed by atoms with Crippen LogP contribution in [0.4, 0.5) is 0 Å². The fraction of sp³-hybridized carbons (Fsp3) is 0.136. The Hall–Kier alpha value is -4.27. The number of benzene rings is 2. The van der Waals surface area contributed by atoms with E-state index in [1.807, 2.05) is 49.4 Å². The third kappa shape index (κ3) is 4.06. The van der Waals surface area contributed by atoms with Gasteiger partial charge in [-0.05, 0) is 54.8 Å². The molecule has 2 heterocycles. The van der Waals surface area contributed by atoms with Crippen molar-refractivity contribution >= 4 is 23.2 Å². The average Bonchev–Trinajstić information content (AvgIpc) is 3.23. The lowest BCUT2D eigenvalue weighted by Gasteiger charge is -2.12. The van der Waals surface area contributed by atoms with Crippen LogP contribution in [0.2, 0.25) is 0 Å². The summed E-state index contributed by atoms with van der Waals surface area (Å²) in [5.41, 5.74) is 3.46. The Morgan fingerprint density at radius 1 is 1.19 bits per heavy atom. The van der Waals surface area contributed by atoms with Crippen LogP contribution >= 0.6 is 0 Å². The van der Waals surface area contributed by atoms with Gasteiger partial charge in [-0.1, -0.05) is 29.5 Å². The summed E-state index contributed by atoms with van der Waals surface area (Å²) in [7, 11) is 0. The van der Waals surface area contributed by atoms with Crippen molar-refractivity contribution in [2.45, 2.75) is 13.8 Å². The molecule has 0 atom stereocenters. The van der Waals surface area contributed by atoms with Gasteiger partial charge in [0.15, 0.2) is 11.2 Å². The molecule has 0 aliphatic heterocycles. The zero-order valence-electron chi connectivity index (χ0n) is 16.8. The van der Waals surface area contributed by atoms with Gasteiger partial charge in [0.2, 0.25) is 0 Å². The number of ether oxygens (including phenoxy) is 1. The zero-order chi connectivity index (χ0) is 22.0. The number of carboxylic acid groups (broad SMARTS) is 1. The van der Waals surface area contributed by atoms with Crippen molar-refractivity contribution < 1.29 is 14.6 Å². The number of nitrogens with one attached hydrogen (secondary N) is 2. The van der Waals surface area contributed by atoms with Crippen LogP contribution in [0, 0.1) is 0 Å². The van der Waals surface area contributed by atoms with Crippen molar-refractivity contribution in [3.63, 3.8) is 0 Å². The minimum absolute atomic E-state index is 0.139. The summed E-state index contributed by atoms with van der Waals surface area (Å²) in [6.45, 7) is 3.85. The van der Waals surface area contributed by atoms with Crippen LogP contribution in [0.15, 0.2) is 52.8 Å². The third-order valence-corrected chi connectivity index (χ3v) is 4.68. The van der Waals surface area contributed by atoms with E-state index in [0.717, 1.165) is 16.7 Å². The number of rotatable bonds is 6. The maximum Gasteiger partial charge on any atom is 0.331 e. The lowest BCUT2D eigenvalue weighted by Crippen LogP contribution is -2.10. The van der Waals surface area contributed by atoms with E-state index in [1.165, 1.54) is 0 Å². The van der Waals surface area contributed by atoms with Crippen molar-refractivity contribution in [2.75, 3.05) is 6.61 Å². The average molecular weight is 417 g/mol. The molecule has 156 valence electrons. The Kier molecular flexibility index (Phi) is 5.31. The topological polar surface area (TPSA) is 134 Å². The second-order valence-electron chi connectivity index (χ2n) is 6.83. The first kappa shape index (κ1) is 20.0. The molecule has 31 heavy (non-hydrogen) atoms. The fourth-order valence-electron chi connectivity index (χ4n) is 3.18. The SMILES string of the molecule is CCOc1cc(-c2cccc(/C=C(/C)C(=O)O)c2)ccc1-c1nc2[nH]nnc2c(=O)[nH]1. The predicted molar refractivity (Wildman–Crippen MR) is 116 cm³/mol. The van der Waals surface area contributed by atoms with Crippen LogP contribution < -0.4 is 10.3 Å². The summed E-state index contributed by atoms with van der Waals surface area (Å²) in [6.07, 6.45) is 1.62. The molecule has 4 rings (SSSR count). The quantitative estimate of drug-likeness (QED) is 0.410. The molecule has 0 saturated carbocycles. The molecule has 0 bridgehead atoms. The van der Waals surface area contributed by atoms with E-state index in [-0.39, 0.29) is 11.1 Å². The summed E-state index contributed by atoms with van der Waals surface area (Å²) in [5.74, 6) is -0.0655. The number of hydrogen-bond donors (Lipinski definition) is 3. The van der Waals surface area contributed by atoms with Crippen molar-refractivity contribution in [3.8, 4) is 28.3 Å². The summed E-state index contributed by atoms with van der Waals surface area (Å²) in [6, 6.07) is 13.1. The van der Waals surface area contributed by atoms with Gasteiger partial charge < -0.3 is 14.8 Å². The number of nitrogens with zero attached hydrogens (tertiary/aromatic N) is 3. The molecule has 0 aliphatic carbocycles. The first-order valence-electron chi connectivity index (χ1n) is 9.56. The van der Waals surface area contributed by atoms with Crippen LogP contribution in [0.3, 0.4) is 0 Å². The van der Waals surface area contributed by atoms with Crippen LogP contribution in [0.25, 0.3) is 39.8 Å². The highest BCUT2D eigenvalue weighted by atomic mass is 16.5. The zero-order valence-corrected chi connectivity index (χ0v) is 16.8. The Morgan fingerprint density at radius 2 is 2.00 bits per heavy atom. The maximum absolute atomic E-state index is 12.3. The predicted octanol–water partition coefficient (Wildman–Crippen LogP) is 3.26. The normalized spacial score (nSPS) is 11.6. The summed E-state index contributed by atoms with van der Waals surface area (Å²) >= 11 is 0. The first-order chi connectivity index (χ1) is 15.0. The molecule has 0 fully saturated rings. The smallest absolute Gasteiger partial charge is 0.331 e. The molecule has 0 radical (unpaired) electrons. The van der Waals surface area contributed by atoms with Gasteiger partial charge in [-0.25, -0.2) is 14.9 Å². The number of H-pyrrole nitrogens is 2. The lowest BCUT2D eigenvalue weighted by molar-refractivity contribution is -0.132. The molecule has 2 aromatic carbocycles. The van der Waals surface area contributed by atoms with E-state index >= 15 is 0 Å². The van der Waals surface area contributed by atoms with Gasteiger partial charge in [-0.15, -0.1) is 5.10 Å². The van der Waals surface area contributed by atoms with E-state index in [0.29, 0.717) is 29.4 Å². The van der Waals surface area contributed by atoms with Gasteiger partial charge in [0, 0.05) is 5.57 Å². The highest BCUT2D eigenvalue weighted by Crippen LogP contribution is 2.33. The largest absolute Gasteiger partial charge is 0.493 e. The molecule has 4 aromatic rings. The summed E-state index contributed by atoms with van der Waals surface area (Å²) < 4.78 is 5.82. The van der Waals surface area contributed by atoms with Gasteiger partial charge in [-0.2, -0.15) is 0 Å². The highest BCUT2D eigenvalue weighted by Gasteiger charge is 2.14. The van der Waals surface area contributed by atoms with Crippen LogP contribution in [-0.2, 0) is 4.79 Å². The third-order valence-electron chi connectivity index (χ3n) is 4.68. The number of hydrogen-bond acceptors (Lipinski definition) is 6. The molecule has 9 nitrogen and oxygen atoms in total. The Morgan fingerprint density at radius 3 is 2.77 bits per heavy atom. The van der Waals surface area contributed by atoms with E-state index in [1.54, 1.807) is 13.0 Å². The van der Waals surface area contributed by atoms with Crippen LogP contribution in [0.5, 0.6) is 5.75 Å². The number of carbonyl (C=O) groups is 1. The molecule has 9 heteroatoms. The van der Waals surface area contributed by atoms with Gasteiger partial charge in [0.05, 0.1) is 12.2 Å². The van der Waals surface area contributed by atoms with Crippen LogP contribution in [0.1, 0.15) is 19.4 Å². The molecule has 0 unspecified atom stereocenters. The van der Waals surface area contributed by atoms with Gasteiger partial charge in [-0.3, -0.25) is 4.79 Å². The van der Waals surface area contributed by atoms with E-state index < -0.39 is 11.5 Å². The number of carboxylic acids is 1. The monoisotopic (exact) mass is 417 g/mol. The summed E-state index contributed by atoms with van der Waals surface area (Å²) in [4.78, 5) is 30.5. The minimum Gasteiger partial charge on any atom is -0.493 e. The molecular weight excluding hydrogens is 398 g/mol. The molecule has 0 aliphatic rings. The van der Waals surface area contributed by atoms with Crippen molar-refractivity contribution in [2.24, 2.45) is 0 Å². The Labute approximate surface area is 176 Å². The van der Waals surface area contributed by atoms with Gasteiger partial charge >= 0.3 is 5.97 Å². The molecule has 0 amide bonds. The number of aromatic amines is 2. The van der Waals surface area contributed by atoms with Crippen molar-refractivity contribution in [3.05, 3.63) is 64.0 Å².